The summed E-state index contributed by atoms with van der Waals surface area (Å²) in [4.78, 5) is 16.3. The topological polar surface area (TPSA) is 44.8 Å². The molecule has 0 unspecified atom stereocenters. The minimum absolute atomic E-state index is 0.0901. The first-order valence-electron chi connectivity index (χ1n) is 7.67. The standard InChI is InChI=1S/C16H24ClN3O2/c1-22-11-3-6-18-16(21)13-19-7-9-20(10-8-19)15-5-2-4-14(17)12-15/h2,4-5,12H,3,6-11,13H2,1H3,(H,18,21). The number of rotatable bonds is 7. The molecule has 0 spiro atoms. The van der Waals surface area contributed by atoms with Crippen molar-refractivity contribution < 1.29 is 9.53 Å². The molecule has 0 atom stereocenters. The highest BCUT2D eigenvalue weighted by Gasteiger charge is 2.19. The molecule has 0 radical (unpaired) electrons. The van der Waals surface area contributed by atoms with E-state index in [2.05, 4.69) is 21.2 Å². The minimum Gasteiger partial charge on any atom is -0.385 e. The monoisotopic (exact) mass is 325 g/mol. The Balaban J connectivity index is 1.69. The van der Waals surface area contributed by atoms with E-state index >= 15 is 0 Å². The Kier molecular flexibility index (Phi) is 6.96. The van der Waals surface area contributed by atoms with Gasteiger partial charge < -0.3 is 15.0 Å². The molecule has 5 nitrogen and oxygen atoms in total. The summed E-state index contributed by atoms with van der Waals surface area (Å²) in [5.74, 6) is 0.0901. The highest BCUT2D eigenvalue weighted by Crippen LogP contribution is 2.20. The molecule has 0 aliphatic carbocycles. The SMILES string of the molecule is COCCCNC(=O)CN1CCN(c2cccc(Cl)c2)CC1. The second kappa shape index (κ2) is 8.98. The molecule has 1 saturated heterocycles. The van der Waals surface area contributed by atoms with E-state index in [1.165, 1.54) is 0 Å². The first kappa shape index (κ1) is 17.1. The third-order valence-electron chi connectivity index (χ3n) is 3.76. The van der Waals surface area contributed by atoms with E-state index in [4.69, 9.17) is 16.3 Å². The average molecular weight is 326 g/mol. The van der Waals surface area contributed by atoms with Gasteiger partial charge in [0.25, 0.3) is 0 Å². The highest BCUT2D eigenvalue weighted by atomic mass is 35.5. The van der Waals surface area contributed by atoms with Gasteiger partial charge in [0.15, 0.2) is 0 Å². The van der Waals surface area contributed by atoms with E-state index in [1.54, 1.807) is 7.11 Å². The van der Waals surface area contributed by atoms with Gasteiger partial charge in [-0.05, 0) is 24.6 Å². The van der Waals surface area contributed by atoms with Crippen molar-refractivity contribution in [3.05, 3.63) is 29.3 Å². The Morgan fingerprint density at radius 2 is 2.09 bits per heavy atom. The molecular weight excluding hydrogens is 302 g/mol. The van der Waals surface area contributed by atoms with Crippen LogP contribution >= 0.6 is 11.6 Å². The van der Waals surface area contributed by atoms with Gasteiger partial charge in [-0.25, -0.2) is 0 Å². The third-order valence-corrected chi connectivity index (χ3v) is 4.00. The fourth-order valence-electron chi connectivity index (χ4n) is 2.54. The van der Waals surface area contributed by atoms with Crippen molar-refractivity contribution in [1.82, 2.24) is 10.2 Å². The smallest absolute Gasteiger partial charge is 0.234 e. The van der Waals surface area contributed by atoms with E-state index in [-0.39, 0.29) is 5.91 Å². The number of nitrogens with zero attached hydrogens (tertiary/aromatic N) is 2. The maximum Gasteiger partial charge on any atom is 0.234 e. The molecule has 0 aromatic heterocycles. The number of hydrogen-bond acceptors (Lipinski definition) is 4. The summed E-state index contributed by atoms with van der Waals surface area (Å²) < 4.78 is 4.96. The van der Waals surface area contributed by atoms with Gasteiger partial charge in [0.05, 0.1) is 6.54 Å². The van der Waals surface area contributed by atoms with E-state index in [0.29, 0.717) is 19.7 Å². The van der Waals surface area contributed by atoms with Crippen LogP contribution in [0.3, 0.4) is 0 Å². The summed E-state index contributed by atoms with van der Waals surface area (Å²) in [5, 5.41) is 3.68. The number of amides is 1. The number of anilines is 1. The largest absolute Gasteiger partial charge is 0.385 e. The number of carbonyl (C=O) groups excluding carboxylic acids is 1. The molecule has 1 amide bonds. The summed E-state index contributed by atoms with van der Waals surface area (Å²) in [6, 6.07) is 7.91. The summed E-state index contributed by atoms with van der Waals surface area (Å²) >= 11 is 6.03. The Hall–Kier alpha value is -1.30. The molecule has 122 valence electrons. The summed E-state index contributed by atoms with van der Waals surface area (Å²) in [5.41, 5.74) is 1.15. The quantitative estimate of drug-likeness (QED) is 0.774. The lowest BCUT2D eigenvalue weighted by molar-refractivity contribution is -0.122. The number of methoxy groups -OCH3 is 1. The van der Waals surface area contributed by atoms with Crippen LogP contribution in [0.2, 0.25) is 5.02 Å². The molecule has 2 rings (SSSR count). The predicted molar refractivity (Wildman–Crippen MR) is 89.6 cm³/mol. The predicted octanol–water partition coefficient (Wildman–Crippen LogP) is 1.61. The summed E-state index contributed by atoms with van der Waals surface area (Å²) in [6.45, 7) is 5.43. The second-order valence-corrected chi connectivity index (χ2v) is 5.88. The molecule has 1 heterocycles. The van der Waals surface area contributed by atoms with E-state index in [1.807, 2.05) is 18.2 Å². The molecule has 0 bridgehead atoms. The Labute approximate surface area is 137 Å². The van der Waals surface area contributed by atoms with Gasteiger partial charge in [-0.3, -0.25) is 9.69 Å². The number of benzene rings is 1. The van der Waals surface area contributed by atoms with E-state index in [0.717, 1.165) is 43.3 Å². The number of ether oxygens (including phenoxy) is 1. The molecule has 1 N–H and O–H groups in total. The van der Waals surface area contributed by atoms with Gasteiger partial charge in [0.1, 0.15) is 0 Å². The van der Waals surface area contributed by atoms with Crippen LogP contribution in [0.15, 0.2) is 24.3 Å². The van der Waals surface area contributed by atoms with Gasteiger partial charge in [-0.1, -0.05) is 17.7 Å². The third kappa shape index (κ3) is 5.48. The van der Waals surface area contributed by atoms with Crippen LogP contribution in [0.1, 0.15) is 6.42 Å². The Bertz CT molecular complexity index is 476. The molecule has 22 heavy (non-hydrogen) atoms. The first-order chi connectivity index (χ1) is 10.7. The maximum absolute atomic E-state index is 11.8. The zero-order valence-corrected chi connectivity index (χ0v) is 13.8. The van der Waals surface area contributed by atoms with Crippen molar-refractivity contribution in [2.45, 2.75) is 6.42 Å². The number of nitrogens with one attached hydrogen (secondary N) is 1. The van der Waals surface area contributed by atoms with Crippen molar-refractivity contribution in [1.29, 1.82) is 0 Å². The number of carbonyl (C=O) groups is 1. The molecule has 1 aromatic carbocycles. The lowest BCUT2D eigenvalue weighted by atomic mass is 10.2. The van der Waals surface area contributed by atoms with E-state index in [9.17, 15) is 4.79 Å². The Morgan fingerprint density at radius 1 is 1.32 bits per heavy atom. The first-order valence-corrected chi connectivity index (χ1v) is 8.05. The van der Waals surface area contributed by atoms with Crippen LogP contribution in [0.5, 0.6) is 0 Å². The number of halogens is 1. The fraction of sp³-hybridized carbons (Fsp3) is 0.562. The minimum atomic E-state index is 0.0901. The molecular formula is C16H24ClN3O2. The molecule has 0 saturated carbocycles. The van der Waals surface area contributed by atoms with Crippen molar-refractivity contribution in [2.75, 3.05) is 57.9 Å². The molecule has 1 aromatic rings. The summed E-state index contributed by atoms with van der Waals surface area (Å²) in [6.07, 6.45) is 0.852. The Morgan fingerprint density at radius 3 is 2.77 bits per heavy atom. The zero-order valence-electron chi connectivity index (χ0n) is 13.1. The van der Waals surface area contributed by atoms with Gasteiger partial charge in [-0.2, -0.15) is 0 Å². The average Bonchev–Trinajstić information content (AvgIpc) is 2.52. The van der Waals surface area contributed by atoms with Gasteiger partial charge >= 0.3 is 0 Å². The van der Waals surface area contributed by atoms with Crippen LogP contribution in [0.25, 0.3) is 0 Å². The molecule has 1 aliphatic rings. The van der Waals surface area contributed by atoms with Crippen molar-refractivity contribution in [3.63, 3.8) is 0 Å². The van der Waals surface area contributed by atoms with Crippen molar-refractivity contribution in [2.24, 2.45) is 0 Å². The van der Waals surface area contributed by atoms with Crippen LogP contribution in [-0.4, -0.2) is 63.8 Å². The van der Waals surface area contributed by atoms with Crippen LogP contribution in [0, 0.1) is 0 Å². The van der Waals surface area contributed by atoms with Crippen LogP contribution in [0.4, 0.5) is 5.69 Å². The molecule has 1 aliphatic heterocycles. The number of hydrogen-bond donors (Lipinski definition) is 1. The van der Waals surface area contributed by atoms with Gasteiger partial charge in [-0.15, -0.1) is 0 Å². The zero-order chi connectivity index (χ0) is 15.8. The van der Waals surface area contributed by atoms with Crippen molar-refractivity contribution >= 4 is 23.2 Å². The highest BCUT2D eigenvalue weighted by molar-refractivity contribution is 6.30. The summed E-state index contributed by atoms with van der Waals surface area (Å²) in [7, 11) is 1.67. The van der Waals surface area contributed by atoms with E-state index < -0.39 is 0 Å². The maximum atomic E-state index is 11.8. The number of piperazine rings is 1. The lowest BCUT2D eigenvalue weighted by Gasteiger charge is -2.35. The lowest BCUT2D eigenvalue weighted by Crippen LogP contribution is -2.49. The van der Waals surface area contributed by atoms with Gasteiger partial charge in [0, 0.05) is 57.2 Å². The molecule has 1 fully saturated rings. The van der Waals surface area contributed by atoms with Gasteiger partial charge in [0.2, 0.25) is 5.91 Å². The van der Waals surface area contributed by atoms with Crippen molar-refractivity contribution in [3.8, 4) is 0 Å². The fourth-order valence-corrected chi connectivity index (χ4v) is 2.72. The molecule has 6 heteroatoms. The van der Waals surface area contributed by atoms with Crippen LogP contribution in [-0.2, 0) is 9.53 Å². The second-order valence-electron chi connectivity index (χ2n) is 5.44. The normalized spacial score (nSPS) is 15.8. The van der Waals surface area contributed by atoms with Crippen LogP contribution < -0.4 is 10.2 Å².